The molecule has 0 spiro atoms. The normalized spacial score (nSPS) is 12.1. The Balaban J connectivity index is 2.13. The van der Waals surface area contributed by atoms with Gasteiger partial charge in [-0.05, 0) is 49.4 Å². The Labute approximate surface area is 140 Å². The van der Waals surface area contributed by atoms with Gasteiger partial charge in [0.25, 0.3) is 0 Å². The highest BCUT2D eigenvalue weighted by Gasteiger charge is 2.30. The highest BCUT2D eigenvalue weighted by atomic mass is 79.9. The molecule has 0 aliphatic heterocycles. The van der Waals surface area contributed by atoms with Crippen LogP contribution in [0.4, 0.5) is 18.9 Å². The highest BCUT2D eigenvalue weighted by molar-refractivity contribution is 9.10. The molecule has 23 heavy (non-hydrogen) atoms. The molecule has 0 amide bonds. The predicted octanol–water partition coefficient (Wildman–Crippen LogP) is 5.67. The van der Waals surface area contributed by atoms with Crippen LogP contribution in [0.25, 0.3) is 0 Å². The van der Waals surface area contributed by atoms with Gasteiger partial charge in [0.15, 0.2) is 5.78 Å². The summed E-state index contributed by atoms with van der Waals surface area (Å²) in [7, 11) is 0. The summed E-state index contributed by atoms with van der Waals surface area (Å²) >= 11 is 3.28. The van der Waals surface area contributed by atoms with E-state index in [9.17, 15) is 18.0 Å². The molecule has 0 unspecified atom stereocenters. The smallest absolute Gasteiger partial charge is 0.359 e. The first-order chi connectivity index (χ1) is 10.8. The number of halogens is 4. The Hall–Kier alpha value is -2.08. The highest BCUT2D eigenvalue weighted by Crippen LogP contribution is 2.30. The lowest BCUT2D eigenvalue weighted by Gasteiger charge is -2.10. The zero-order chi connectivity index (χ0) is 17.0. The van der Waals surface area contributed by atoms with Crippen LogP contribution >= 0.6 is 15.9 Å². The second kappa shape index (κ2) is 7.00. The van der Waals surface area contributed by atoms with Crippen LogP contribution in [0.3, 0.4) is 0 Å². The summed E-state index contributed by atoms with van der Waals surface area (Å²) in [6.07, 6.45) is -3.05. The van der Waals surface area contributed by atoms with Crippen molar-refractivity contribution >= 4 is 27.4 Å². The molecule has 1 N–H and O–H groups in total. The van der Waals surface area contributed by atoms with Crippen LogP contribution in [-0.2, 0) is 6.18 Å². The van der Waals surface area contributed by atoms with Crippen molar-refractivity contribution in [3.8, 4) is 0 Å². The molecule has 2 rings (SSSR count). The number of allylic oxidation sites excluding steroid dienone is 2. The van der Waals surface area contributed by atoms with Gasteiger partial charge in [0.05, 0.1) is 5.56 Å². The summed E-state index contributed by atoms with van der Waals surface area (Å²) in [4.78, 5) is 12.1. The van der Waals surface area contributed by atoms with Crippen molar-refractivity contribution in [1.29, 1.82) is 0 Å². The SMILES string of the molecule is C/C(=C\C(=O)c1ccc(Br)cc1)Nc1cccc(C(F)(F)F)c1. The van der Waals surface area contributed by atoms with Gasteiger partial charge in [-0.15, -0.1) is 0 Å². The molecule has 2 aromatic carbocycles. The van der Waals surface area contributed by atoms with Crippen molar-refractivity contribution in [2.45, 2.75) is 13.1 Å². The molecule has 0 aliphatic rings. The van der Waals surface area contributed by atoms with E-state index >= 15 is 0 Å². The van der Waals surface area contributed by atoms with Gasteiger partial charge in [0.1, 0.15) is 0 Å². The lowest BCUT2D eigenvalue weighted by molar-refractivity contribution is -0.137. The molecule has 0 fully saturated rings. The Bertz CT molecular complexity index is 736. The molecule has 0 radical (unpaired) electrons. The first kappa shape index (κ1) is 17.3. The van der Waals surface area contributed by atoms with Gasteiger partial charge in [0.2, 0.25) is 0 Å². The molecule has 6 heteroatoms. The van der Waals surface area contributed by atoms with E-state index in [0.29, 0.717) is 11.3 Å². The average Bonchev–Trinajstić information content (AvgIpc) is 2.47. The molecular weight excluding hydrogens is 371 g/mol. The Morgan fingerprint density at radius 1 is 1.13 bits per heavy atom. The fourth-order valence-electron chi connectivity index (χ4n) is 1.93. The minimum absolute atomic E-state index is 0.227. The Morgan fingerprint density at radius 3 is 2.39 bits per heavy atom. The number of nitrogens with one attached hydrogen (secondary N) is 1. The third-order valence-corrected chi connectivity index (χ3v) is 3.54. The van der Waals surface area contributed by atoms with Crippen LogP contribution in [0.1, 0.15) is 22.8 Å². The van der Waals surface area contributed by atoms with E-state index in [1.807, 2.05) is 0 Å². The van der Waals surface area contributed by atoms with E-state index < -0.39 is 11.7 Å². The zero-order valence-electron chi connectivity index (χ0n) is 12.1. The third kappa shape index (κ3) is 4.96. The number of benzene rings is 2. The van der Waals surface area contributed by atoms with Gasteiger partial charge in [-0.3, -0.25) is 4.79 Å². The summed E-state index contributed by atoms with van der Waals surface area (Å²) < 4.78 is 38.9. The van der Waals surface area contributed by atoms with Gasteiger partial charge >= 0.3 is 6.18 Å². The van der Waals surface area contributed by atoms with Crippen molar-refractivity contribution in [3.05, 3.63) is 75.9 Å². The minimum atomic E-state index is -4.40. The van der Waals surface area contributed by atoms with Crippen molar-refractivity contribution in [1.82, 2.24) is 0 Å². The van der Waals surface area contributed by atoms with Crippen LogP contribution < -0.4 is 5.32 Å². The van der Waals surface area contributed by atoms with Crippen LogP contribution in [0.5, 0.6) is 0 Å². The zero-order valence-corrected chi connectivity index (χ0v) is 13.7. The molecule has 120 valence electrons. The lowest BCUT2D eigenvalue weighted by Crippen LogP contribution is -2.06. The van der Waals surface area contributed by atoms with Gasteiger partial charge in [0, 0.05) is 27.5 Å². The maximum atomic E-state index is 12.7. The van der Waals surface area contributed by atoms with E-state index in [0.717, 1.165) is 16.6 Å². The fourth-order valence-corrected chi connectivity index (χ4v) is 2.20. The Kier molecular flexibility index (Phi) is 5.26. The summed E-state index contributed by atoms with van der Waals surface area (Å²) in [6.45, 7) is 1.62. The maximum Gasteiger partial charge on any atom is 0.416 e. The molecule has 0 atom stereocenters. The summed E-state index contributed by atoms with van der Waals surface area (Å²) in [5, 5.41) is 2.80. The number of anilines is 1. The molecule has 2 aromatic rings. The summed E-state index contributed by atoms with van der Waals surface area (Å²) in [6, 6.07) is 11.7. The molecular formula is C17H13BrF3NO. The maximum absolute atomic E-state index is 12.7. The minimum Gasteiger partial charge on any atom is -0.359 e. The summed E-state index contributed by atoms with van der Waals surface area (Å²) in [5.74, 6) is -0.227. The standard InChI is InChI=1S/C17H13BrF3NO/c1-11(9-16(23)12-5-7-14(18)8-6-12)22-15-4-2-3-13(10-15)17(19,20)21/h2-10,22H,1H3/b11-9+. The molecule has 0 bridgehead atoms. The largest absolute Gasteiger partial charge is 0.416 e. The van der Waals surface area contributed by atoms with E-state index in [1.54, 1.807) is 31.2 Å². The van der Waals surface area contributed by atoms with E-state index in [4.69, 9.17) is 0 Å². The molecule has 0 aliphatic carbocycles. The molecule has 2 nitrogen and oxygen atoms in total. The number of hydrogen-bond acceptors (Lipinski definition) is 2. The van der Waals surface area contributed by atoms with Gasteiger partial charge in [-0.1, -0.05) is 22.0 Å². The van der Waals surface area contributed by atoms with E-state index in [1.165, 1.54) is 18.2 Å². The quantitative estimate of drug-likeness (QED) is 0.544. The predicted molar refractivity (Wildman–Crippen MR) is 87.3 cm³/mol. The molecule has 0 heterocycles. The van der Waals surface area contributed by atoms with Crippen LogP contribution in [0.2, 0.25) is 0 Å². The van der Waals surface area contributed by atoms with Crippen molar-refractivity contribution < 1.29 is 18.0 Å². The molecule has 0 saturated carbocycles. The number of carbonyl (C=O) groups excluding carboxylic acids is 1. The van der Waals surface area contributed by atoms with Crippen LogP contribution in [-0.4, -0.2) is 5.78 Å². The van der Waals surface area contributed by atoms with E-state index in [-0.39, 0.29) is 11.5 Å². The number of rotatable bonds is 4. The summed E-state index contributed by atoms with van der Waals surface area (Å²) in [5.41, 5.74) is 0.488. The van der Waals surface area contributed by atoms with Gasteiger partial charge < -0.3 is 5.32 Å². The van der Waals surface area contributed by atoms with E-state index in [2.05, 4.69) is 21.2 Å². The van der Waals surface area contributed by atoms with Crippen molar-refractivity contribution in [2.24, 2.45) is 0 Å². The second-order valence-corrected chi connectivity index (χ2v) is 5.82. The van der Waals surface area contributed by atoms with Crippen LogP contribution in [0.15, 0.2) is 64.8 Å². The number of carbonyl (C=O) groups is 1. The Morgan fingerprint density at radius 2 is 1.78 bits per heavy atom. The monoisotopic (exact) mass is 383 g/mol. The van der Waals surface area contributed by atoms with Crippen molar-refractivity contribution in [2.75, 3.05) is 5.32 Å². The fraction of sp³-hybridized carbons (Fsp3) is 0.118. The second-order valence-electron chi connectivity index (χ2n) is 4.90. The molecule has 0 aromatic heterocycles. The number of alkyl halides is 3. The van der Waals surface area contributed by atoms with Gasteiger partial charge in [-0.25, -0.2) is 0 Å². The number of ketones is 1. The lowest BCUT2D eigenvalue weighted by atomic mass is 10.1. The molecule has 0 saturated heterocycles. The van der Waals surface area contributed by atoms with Gasteiger partial charge in [-0.2, -0.15) is 13.2 Å². The van der Waals surface area contributed by atoms with Crippen molar-refractivity contribution in [3.63, 3.8) is 0 Å². The number of hydrogen-bond donors (Lipinski definition) is 1. The van der Waals surface area contributed by atoms with Crippen LogP contribution in [0, 0.1) is 0 Å². The first-order valence-electron chi connectivity index (χ1n) is 6.68. The topological polar surface area (TPSA) is 29.1 Å². The third-order valence-electron chi connectivity index (χ3n) is 3.01. The average molecular weight is 384 g/mol. The first-order valence-corrected chi connectivity index (χ1v) is 7.47.